The standard InChI is InChI=1S/C23H31N5O2/c29-22(19-8-6-15-28(18-19)23-24-11-7-12-25-23)26-20-9-2-3-10-21(20)30-17-16-27-13-4-1-5-14-27/h2-3,7,9-12,19H,1,4-6,8,13-18H2,(H,26,29). The van der Waals surface area contributed by atoms with E-state index in [1.807, 2.05) is 24.3 Å². The summed E-state index contributed by atoms with van der Waals surface area (Å²) in [4.78, 5) is 26.2. The van der Waals surface area contributed by atoms with E-state index in [4.69, 9.17) is 4.74 Å². The smallest absolute Gasteiger partial charge is 0.229 e. The first-order chi connectivity index (χ1) is 14.8. The number of benzene rings is 1. The van der Waals surface area contributed by atoms with Crippen LogP contribution in [0, 0.1) is 5.92 Å². The number of amides is 1. The summed E-state index contributed by atoms with van der Waals surface area (Å²) in [7, 11) is 0. The monoisotopic (exact) mass is 409 g/mol. The minimum atomic E-state index is -0.0936. The number of ether oxygens (including phenoxy) is 1. The predicted octanol–water partition coefficient (Wildman–Crippen LogP) is 3.20. The summed E-state index contributed by atoms with van der Waals surface area (Å²) in [5.74, 6) is 1.37. The normalized spacial score (nSPS) is 20.0. The van der Waals surface area contributed by atoms with Gasteiger partial charge in [-0.05, 0) is 57.0 Å². The molecule has 0 saturated carbocycles. The second kappa shape index (κ2) is 10.4. The summed E-state index contributed by atoms with van der Waals surface area (Å²) in [6, 6.07) is 9.52. The van der Waals surface area contributed by atoms with Crippen LogP contribution in [0.5, 0.6) is 5.75 Å². The highest BCUT2D eigenvalue weighted by Gasteiger charge is 2.27. The van der Waals surface area contributed by atoms with E-state index in [-0.39, 0.29) is 11.8 Å². The molecule has 1 amide bonds. The number of hydrogen-bond donors (Lipinski definition) is 1. The third-order valence-electron chi connectivity index (χ3n) is 5.89. The fourth-order valence-electron chi connectivity index (χ4n) is 4.23. The van der Waals surface area contributed by atoms with E-state index in [2.05, 4.69) is 25.1 Å². The van der Waals surface area contributed by atoms with Gasteiger partial charge in [-0.1, -0.05) is 18.6 Å². The molecule has 2 saturated heterocycles. The van der Waals surface area contributed by atoms with Crippen LogP contribution in [-0.4, -0.2) is 60.1 Å². The molecule has 3 heterocycles. The predicted molar refractivity (Wildman–Crippen MR) is 118 cm³/mol. The number of anilines is 2. The largest absolute Gasteiger partial charge is 0.490 e. The molecule has 1 N–H and O–H groups in total. The summed E-state index contributed by atoms with van der Waals surface area (Å²) >= 11 is 0. The zero-order valence-corrected chi connectivity index (χ0v) is 17.5. The van der Waals surface area contributed by atoms with Gasteiger partial charge in [-0.25, -0.2) is 9.97 Å². The maximum atomic E-state index is 13.0. The number of hydrogen-bond acceptors (Lipinski definition) is 6. The molecule has 1 unspecified atom stereocenters. The molecule has 1 atom stereocenters. The van der Waals surface area contributed by atoms with Crippen molar-refractivity contribution in [1.29, 1.82) is 0 Å². The van der Waals surface area contributed by atoms with Gasteiger partial charge in [0, 0.05) is 32.0 Å². The van der Waals surface area contributed by atoms with Crippen LogP contribution in [0.2, 0.25) is 0 Å². The van der Waals surface area contributed by atoms with Crippen LogP contribution in [0.1, 0.15) is 32.1 Å². The Bertz CT molecular complexity index is 810. The van der Waals surface area contributed by atoms with Gasteiger partial charge in [-0.2, -0.15) is 0 Å². The van der Waals surface area contributed by atoms with Gasteiger partial charge in [0.2, 0.25) is 11.9 Å². The summed E-state index contributed by atoms with van der Waals surface area (Å²) in [5, 5.41) is 3.10. The van der Waals surface area contributed by atoms with Crippen LogP contribution in [0.25, 0.3) is 0 Å². The Hall–Kier alpha value is -2.67. The molecule has 2 fully saturated rings. The number of likely N-dealkylation sites (tertiary alicyclic amines) is 1. The molecule has 2 aliphatic rings. The molecular formula is C23H31N5O2. The highest BCUT2D eigenvalue weighted by atomic mass is 16.5. The van der Waals surface area contributed by atoms with Crippen molar-refractivity contribution >= 4 is 17.5 Å². The minimum Gasteiger partial charge on any atom is -0.490 e. The SMILES string of the molecule is O=C(Nc1ccccc1OCCN1CCCCC1)C1CCCN(c2ncccn2)C1. The Kier molecular flexibility index (Phi) is 7.13. The first kappa shape index (κ1) is 20.6. The van der Waals surface area contributed by atoms with E-state index in [1.54, 1.807) is 18.5 Å². The van der Waals surface area contributed by atoms with E-state index in [9.17, 15) is 4.79 Å². The molecule has 7 nitrogen and oxygen atoms in total. The Morgan fingerprint density at radius 3 is 2.67 bits per heavy atom. The zero-order chi connectivity index (χ0) is 20.6. The molecule has 30 heavy (non-hydrogen) atoms. The lowest BCUT2D eigenvalue weighted by Crippen LogP contribution is -2.41. The third kappa shape index (κ3) is 5.48. The van der Waals surface area contributed by atoms with E-state index in [0.717, 1.165) is 50.5 Å². The lowest BCUT2D eigenvalue weighted by molar-refractivity contribution is -0.120. The minimum absolute atomic E-state index is 0.0303. The highest BCUT2D eigenvalue weighted by molar-refractivity contribution is 5.94. The van der Waals surface area contributed by atoms with Gasteiger partial charge in [-0.3, -0.25) is 9.69 Å². The van der Waals surface area contributed by atoms with Crippen LogP contribution in [0.4, 0.5) is 11.6 Å². The fraction of sp³-hybridized carbons (Fsp3) is 0.522. The lowest BCUT2D eigenvalue weighted by Gasteiger charge is -2.32. The number of piperidine rings is 2. The zero-order valence-electron chi connectivity index (χ0n) is 17.5. The van der Waals surface area contributed by atoms with E-state index >= 15 is 0 Å². The van der Waals surface area contributed by atoms with Gasteiger partial charge in [0.15, 0.2) is 0 Å². The number of nitrogens with zero attached hydrogens (tertiary/aromatic N) is 4. The quantitative estimate of drug-likeness (QED) is 0.757. The molecule has 160 valence electrons. The molecule has 2 aliphatic heterocycles. The van der Waals surface area contributed by atoms with Crippen LogP contribution in [0.15, 0.2) is 42.7 Å². The number of rotatable bonds is 7. The average molecular weight is 410 g/mol. The fourth-order valence-corrected chi connectivity index (χ4v) is 4.23. The number of nitrogens with one attached hydrogen (secondary N) is 1. The summed E-state index contributed by atoms with van der Waals surface area (Å²) in [6.45, 7) is 5.39. The molecule has 4 rings (SSSR count). The van der Waals surface area contributed by atoms with Gasteiger partial charge < -0.3 is 15.0 Å². The molecular weight excluding hydrogens is 378 g/mol. The van der Waals surface area contributed by atoms with Crippen molar-refractivity contribution in [2.45, 2.75) is 32.1 Å². The van der Waals surface area contributed by atoms with Gasteiger partial charge in [-0.15, -0.1) is 0 Å². The molecule has 0 radical (unpaired) electrons. The van der Waals surface area contributed by atoms with Crippen molar-refractivity contribution in [3.05, 3.63) is 42.7 Å². The van der Waals surface area contributed by atoms with E-state index in [1.165, 1.54) is 19.3 Å². The first-order valence-corrected chi connectivity index (χ1v) is 11.1. The number of aromatic nitrogens is 2. The lowest BCUT2D eigenvalue weighted by atomic mass is 9.97. The second-order valence-corrected chi connectivity index (χ2v) is 8.07. The molecule has 0 spiro atoms. The van der Waals surface area contributed by atoms with Crippen molar-refractivity contribution < 1.29 is 9.53 Å². The first-order valence-electron chi connectivity index (χ1n) is 11.1. The Morgan fingerprint density at radius 2 is 1.83 bits per heavy atom. The molecule has 7 heteroatoms. The Morgan fingerprint density at radius 1 is 1.03 bits per heavy atom. The second-order valence-electron chi connectivity index (χ2n) is 8.07. The van der Waals surface area contributed by atoms with Crippen LogP contribution in [0.3, 0.4) is 0 Å². The van der Waals surface area contributed by atoms with Gasteiger partial charge in [0.1, 0.15) is 12.4 Å². The molecule has 0 aliphatic carbocycles. The Labute approximate surface area is 178 Å². The van der Waals surface area contributed by atoms with Crippen molar-refractivity contribution in [3.8, 4) is 5.75 Å². The van der Waals surface area contributed by atoms with Crippen molar-refractivity contribution in [2.24, 2.45) is 5.92 Å². The summed E-state index contributed by atoms with van der Waals surface area (Å²) in [6.07, 6.45) is 9.18. The number of para-hydroxylation sites is 2. The van der Waals surface area contributed by atoms with Gasteiger partial charge in [0.05, 0.1) is 11.6 Å². The van der Waals surface area contributed by atoms with E-state index < -0.39 is 0 Å². The van der Waals surface area contributed by atoms with Gasteiger partial charge >= 0.3 is 0 Å². The molecule has 1 aromatic heterocycles. The van der Waals surface area contributed by atoms with E-state index in [0.29, 0.717) is 19.1 Å². The average Bonchev–Trinajstić information content (AvgIpc) is 2.81. The summed E-state index contributed by atoms with van der Waals surface area (Å²) < 4.78 is 6.03. The maximum absolute atomic E-state index is 13.0. The van der Waals surface area contributed by atoms with Crippen LogP contribution >= 0.6 is 0 Å². The Balaban J connectivity index is 1.32. The third-order valence-corrected chi connectivity index (χ3v) is 5.89. The highest BCUT2D eigenvalue weighted by Crippen LogP contribution is 2.26. The van der Waals surface area contributed by atoms with Crippen LogP contribution < -0.4 is 15.0 Å². The molecule has 1 aromatic carbocycles. The molecule has 0 bridgehead atoms. The van der Waals surface area contributed by atoms with Crippen LogP contribution in [-0.2, 0) is 4.79 Å². The molecule has 2 aromatic rings. The number of carbonyl (C=O) groups excluding carboxylic acids is 1. The van der Waals surface area contributed by atoms with Crippen molar-refractivity contribution in [1.82, 2.24) is 14.9 Å². The summed E-state index contributed by atoms with van der Waals surface area (Å²) in [5.41, 5.74) is 0.745. The van der Waals surface area contributed by atoms with Crippen molar-refractivity contribution in [3.63, 3.8) is 0 Å². The number of carbonyl (C=O) groups is 1. The maximum Gasteiger partial charge on any atom is 0.229 e. The topological polar surface area (TPSA) is 70.6 Å². The van der Waals surface area contributed by atoms with Gasteiger partial charge in [0.25, 0.3) is 0 Å². The van der Waals surface area contributed by atoms with Crippen molar-refractivity contribution in [2.75, 3.05) is 49.5 Å².